The van der Waals surface area contributed by atoms with E-state index in [2.05, 4.69) is 0 Å². The number of thiocarbonyl (C=S) groups is 1. The maximum Gasteiger partial charge on any atom is 0.311 e. The molecule has 196 valence electrons. The highest BCUT2D eigenvalue weighted by Crippen LogP contribution is 2.35. The lowest BCUT2D eigenvalue weighted by molar-refractivity contribution is -0.385. The first-order valence-corrected chi connectivity index (χ1v) is 13.5. The molecular formula is C29H24N4O4S2. The quantitative estimate of drug-likeness (QED) is 0.104. The van der Waals surface area contributed by atoms with Crippen LogP contribution in [0.4, 0.5) is 5.69 Å². The van der Waals surface area contributed by atoms with Crippen LogP contribution in [0.5, 0.6) is 5.75 Å². The number of aromatic nitrogens is 2. The summed E-state index contributed by atoms with van der Waals surface area (Å²) in [7, 11) is 0. The number of ether oxygens (including phenoxy) is 1. The van der Waals surface area contributed by atoms with E-state index in [0.29, 0.717) is 45.7 Å². The average molecular weight is 557 g/mol. The van der Waals surface area contributed by atoms with E-state index in [1.807, 2.05) is 66.7 Å². The largest absolute Gasteiger partial charge is 0.487 e. The van der Waals surface area contributed by atoms with Crippen molar-refractivity contribution in [3.8, 4) is 22.7 Å². The number of benzene rings is 3. The third kappa shape index (κ3) is 5.76. The van der Waals surface area contributed by atoms with Gasteiger partial charge in [0.1, 0.15) is 4.32 Å². The SMILES string of the molecule is CCOc1ccc(-c2cc(/C=C3\SC(=S)N(CCc4ccccc4)C3=O)n(-c3ccccc3)n2)cc1[N+](=O)[O-]. The van der Waals surface area contributed by atoms with Gasteiger partial charge < -0.3 is 4.74 Å². The van der Waals surface area contributed by atoms with Crippen LogP contribution in [0, 0.1) is 10.1 Å². The fraction of sp³-hybridized carbons (Fsp3) is 0.138. The highest BCUT2D eigenvalue weighted by molar-refractivity contribution is 8.26. The van der Waals surface area contributed by atoms with Crippen molar-refractivity contribution in [1.29, 1.82) is 0 Å². The second-order valence-corrected chi connectivity index (χ2v) is 10.3. The Bertz CT molecular complexity index is 1570. The van der Waals surface area contributed by atoms with Crippen molar-refractivity contribution in [1.82, 2.24) is 14.7 Å². The predicted octanol–water partition coefficient (Wildman–Crippen LogP) is 6.29. The number of hydrogen-bond acceptors (Lipinski definition) is 7. The van der Waals surface area contributed by atoms with E-state index >= 15 is 0 Å². The van der Waals surface area contributed by atoms with Gasteiger partial charge in [0.05, 0.1) is 33.5 Å². The van der Waals surface area contributed by atoms with Gasteiger partial charge in [0.15, 0.2) is 5.75 Å². The fourth-order valence-corrected chi connectivity index (χ4v) is 5.52. The van der Waals surface area contributed by atoms with Gasteiger partial charge in [0.2, 0.25) is 0 Å². The van der Waals surface area contributed by atoms with Gasteiger partial charge in [-0.15, -0.1) is 0 Å². The van der Waals surface area contributed by atoms with Gasteiger partial charge in [-0.25, -0.2) is 4.68 Å². The van der Waals surface area contributed by atoms with Crippen molar-refractivity contribution < 1.29 is 14.5 Å². The number of amides is 1. The Morgan fingerprint density at radius 2 is 1.77 bits per heavy atom. The number of nitro benzene ring substituents is 1. The maximum absolute atomic E-state index is 13.3. The molecule has 0 N–H and O–H groups in total. The van der Waals surface area contributed by atoms with E-state index in [-0.39, 0.29) is 17.3 Å². The summed E-state index contributed by atoms with van der Waals surface area (Å²) in [6.07, 6.45) is 2.47. The minimum absolute atomic E-state index is 0.135. The Morgan fingerprint density at radius 3 is 2.46 bits per heavy atom. The molecule has 0 aliphatic carbocycles. The third-order valence-corrected chi connectivity index (χ3v) is 7.49. The number of thioether (sulfide) groups is 1. The number of nitrogens with zero attached hydrogens (tertiary/aromatic N) is 4. The molecule has 1 amide bonds. The van der Waals surface area contributed by atoms with Crippen LogP contribution < -0.4 is 4.74 Å². The van der Waals surface area contributed by atoms with E-state index in [0.717, 1.165) is 11.3 Å². The number of nitro groups is 1. The normalized spacial score (nSPS) is 14.3. The van der Waals surface area contributed by atoms with Crippen molar-refractivity contribution in [3.05, 3.63) is 111 Å². The molecule has 2 heterocycles. The monoisotopic (exact) mass is 556 g/mol. The molecule has 0 unspecified atom stereocenters. The number of hydrogen-bond donors (Lipinski definition) is 0. The topological polar surface area (TPSA) is 90.5 Å². The van der Waals surface area contributed by atoms with Crippen molar-refractivity contribution in [2.75, 3.05) is 13.2 Å². The van der Waals surface area contributed by atoms with E-state index in [1.165, 1.54) is 17.8 Å². The summed E-state index contributed by atoms with van der Waals surface area (Å²) in [5, 5.41) is 16.4. The van der Waals surface area contributed by atoms with Crippen LogP contribution in [0.25, 0.3) is 23.0 Å². The molecule has 5 rings (SSSR count). The van der Waals surface area contributed by atoms with Crippen LogP contribution in [-0.4, -0.2) is 43.0 Å². The standard InChI is InChI=1S/C29H24N4O4S2/c1-2-37-26-14-13-21(17-25(26)33(35)36)24-18-23(32(30-24)22-11-7-4-8-12-22)19-27-28(34)31(29(38)39-27)16-15-20-9-5-3-6-10-20/h3-14,17-19H,2,15-16H2,1H3/b27-19-. The number of rotatable bonds is 9. The van der Waals surface area contributed by atoms with Gasteiger partial charge in [-0.2, -0.15) is 5.10 Å². The summed E-state index contributed by atoms with van der Waals surface area (Å²) < 4.78 is 7.65. The highest BCUT2D eigenvalue weighted by atomic mass is 32.2. The second-order valence-electron chi connectivity index (χ2n) is 8.64. The van der Waals surface area contributed by atoms with E-state index in [4.69, 9.17) is 22.1 Å². The lowest BCUT2D eigenvalue weighted by atomic mass is 10.1. The van der Waals surface area contributed by atoms with Gasteiger partial charge >= 0.3 is 5.69 Å². The van der Waals surface area contributed by atoms with Crippen molar-refractivity contribution in [3.63, 3.8) is 0 Å². The zero-order chi connectivity index (χ0) is 27.4. The van der Waals surface area contributed by atoms with Crippen molar-refractivity contribution in [2.45, 2.75) is 13.3 Å². The van der Waals surface area contributed by atoms with E-state index < -0.39 is 4.92 Å². The molecule has 1 aliphatic heterocycles. The fourth-order valence-electron chi connectivity index (χ4n) is 4.23. The Morgan fingerprint density at radius 1 is 1.05 bits per heavy atom. The van der Waals surface area contributed by atoms with Gasteiger partial charge in [-0.05, 0) is 55.3 Å². The van der Waals surface area contributed by atoms with Crippen LogP contribution in [0.2, 0.25) is 0 Å². The molecule has 3 aromatic carbocycles. The minimum Gasteiger partial charge on any atom is -0.487 e. The summed E-state index contributed by atoms with van der Waals surface area (Å²) in [6.45, 7) is 2.58. The average Bonchev–Trinajstić information content (AvgIpc) is 3.49. The van der Waals surface area contributed by atoms with E-state index in [9.17, 15) is 14.9 Å². The molecule has 1 saturated heterocycles. The predicted molar refractivity (Wildman–Crippen MR) is 157 cm³/mol. The Kier molecular flexibility index (Phi) is 7.85. The van der Waals surface area contributed by atoms with Gasteiger partial charge in [-0.1, -0.05) is 72.5 Å². The molecular weight excluding hydrogens is 532 g/mol. The summed E-state index contributed by atoms with van der Waals surface area (Å²) >= 11 is 6.79. The van der Waals surface area contributed by atoms with Crippen molar-refractivity contribution in [2.24, 2.45) is 0 Å². The molecule has 0 atom stereocenters. The molecule has 4 aromatic rings. The highest BCUT2D eigenvalue weighted by Gasteiger charge is 2.32. The molecule has 10 heteroatoms. The third-order valence-electron chi connectivity index (χ3n) is 6.11. The van der Waals surface area contributed by atoms with Crippen LogP contribution >= 0.6 is 24.0 Å². The Balaban J connectivity index is 1.50. The van der Waals surface area contributed by atoms with Crippen LogP contribution in [-0.2, 0) is 11.2 Å². The van der Waals surface area contributed by atoms with Gasteiger partial charge in [0.25, 0.3) is 5.91 Å². The summed E-state index contributed by atoms with van der Waals surface area (Å²) in [5.74, 6) is 0.0492. The minimum atomic E-state index is -0.468. The van der Waals surface area contributed by atoms with Gasteiger partial charge in [0, 0.05) is 18.2 Å². The molecule has 0 bridgehead atoms. The van der Waals surface area contributed by atoms with Crippen molar-refractivity contribution >= 4 is 46.0 Å². The Labute approximate surface area is 235 Å². The zero-order valence-electron chi connectivity index (χ0n) is 21.0. The number of carbonyl (C=O) groups excluding carboxylic acids is 1. The van der Waals surface area contributed by atoms with Crippen LogP contribution in [0.15, 0.2) is 89.8 Å². The lowest BCUT2D eigenvalue weighted by Gasteiger charge is -2.14. The summed E-state index contributed by atoms with van der Waals surface area (Å²) in [4.78, 5) is 26.6. The molecule has 0 saturated carbocycles. The first kappa shape index (κ1) is 26.3. The first-order chi connectivity index (χ1) is 18.9. The Hall–Kier alpha value is -4.28. The van der Waals surface area contributed by atoms with E-state index in [1.54, 1.807) is 34.7 Å². The van der Waals surface area contributed by atoms with Crippen LogP contribution in [0.3, 0.4) is 0 Å². The van der Waals surface area contributed by atoms with Gasteiger partial charge in [-0.3, -0.25) is 19.8 Å². The number of para-hydroxylation sites is 1. The lowest BCUT2D eigenvalue weighted by Crippen LogP contribution is -2.30. The maximum atomic E-state index is 13.3. The van der Waals surface area contributed by atoms with Crippen LogP contribution in [0.1, 0.15) is 18.2 Å². The number of carbonyl (C=O) groups is 1. The molecule has 39 heavy (non-hydrogen) atoms. The molecule has 0 spiro atoms. The molecule has 1 aliphatic rings. The summed E-state index contributed by atoms with van der Waals surface area (Å²) in [6, 6.07) is 26.0. The molecule has 0 radical (unpaired) electrons. The molecule has 1 aromatic heterocycles. The first-order valence-electron chi connectivity index (χ1n) is 12.3. The second kappa shape index (κ2) is 11.6. The molecule has 1 fully saturated rings. The molecule has 8 nitrogen and oxygen atoms in total. The summed E-state index contributed by atoms with van der Waals surface area (Å²) in [5.41, 5.74) is 3.52. The smallest absolute Gasteiger partial charge is 0.311 e. The zero-order valence-corrected chi connectivity index (χ0v) is 22.7.